The molecule has 32 heavy (non-hydrogen) atoms. The van der Waals surface area contributed by atoms with Crippen LogP contribution in [0.1, 0.15) is 53.6 Å². The fraction of sp³-hybridized carbons (Fsp3) is 0.519. The minimum absolute atomic E-state index is 0.0554. The molecule has 5 heteroatoms. The Labute approximate surface area is 191 Å². The fourth-order valence-corrected chi connectivity index (χ4v) is 5.30. The molecule has 5 rings (SSSR count). The van der Waals surface area contributed by atoms with Crippen molar-refractivity contribution in [2.45, 2.75) is 51.6 Å². The Kier molecular flexibility index (Phi) is 6.47. The average molecular weight is 434 g/mol. The highest BCUT2D eigenvalue weighted by atomic mass is 16.5. The topological polar surface area (TPSA) is 44.8 Å². The van der Waals surface area contributed by atoms with Gasteiger partial charge in [0.15, 0.2) is 0 Å². The van der Waals surface area contributed by atoms with E-state index in [1.807, 2.05) is 0 Å². The minimum atomic E-state index is 0.0554. The fourth-order valence-electron chi connectivity index (χ4n) is 5.30. The lowest BCUT2D eigenvalue weighted by atomic mass is 9.89. The zero-order chi connectivity index (χ0) is 21.9. The lowest BCUT2D eigenvalue weighted by Crippen LogP contribution is -2.49. The molecule has 2 aromatic carbocycles. The van der Waals surface area contributed by atoms with Gasteiger partial charge in [0.25, 0.3) is 0 Å². The molecule has 1 N–H and O–H groups in total. The van der Waals surface area contributed by atoms with Gasteiger partial charge >= 0.3 is 0 Å². The third-order valence-corrected chi connectivity index (χ3v) is 7.24. The van der Waals surface area contributed by atoms with Crippen molar-refractivity contribution in [2.24, 2.45) is 0 Å². The largest absolute Gasteiger partial charge is 0.493 e. The first-order valence-electron chi connectivity index (χ1n) is 12.2. The van der Waals surface area contributed by atoms with Crippen molar-refractivity contribution in [3.05, 3.63) is 64.2 Å². The second-order valence-electron chi connectivity index (χ2n) is 9.62. The van der Waals surface area contributed by atoms with Crippen molar-refractivity contribution in [1.29, 1.82) is 0 Å². The summed E-state index contributed by atoms with van der Waals surface area (Å²) in [5.41, 5.74) is 6.89. The number of ether oxygens (including phenoxy) is 1. The highest BCUT2D eigenvalue weighted by Gasteiger charge is 2.21. The van der Waals surface area contributed by atoms with E-state index in [4.69, 9.17) is 4.74 Å². The molecule has 2 aliphatic heterocycles. The molecular formula is C27H35N3O2. The molecule has 2 aromatic rings. The van der Waals surface area contributed by atoms with Crippen LogP contribution in [0.3, 0.4) is 0 Å². The first-order valence-corrected chi connectivity index (χ1v) is 12.2. The summed E-state index contributed by atoms with van der Waals surface area (Å²) in [6, 6.07) is 13.4. The van der Waals surface area contributed by atoms with Gasteiger partial charge < -0.3 is 10.1 Å². The Morgan fingerprint density at radius 3 is 2.56 bits per heavy atom. The molecule has 0 radical (unpaired) electrons. The molecule has 1 fully saturated rings. The normalized spacial score (nSPS) is 19.7. The third-order valence-electron chi connectivity index (χ3n) is 7.24. The van der Waals surface area contributed by atoms with Gasteiger partial charge in [-0.3, -0.25) is 14.6 Å². The van der Waals surface area contributed by atoms with Crippen LogP contribution in [-0.4, -0.2) is 55.0 Å². The van der Waals surface area contributed by atoms with E-state index < -0.39 is 0 Å². The van der Waals surface area contributed by atoms with Crippen LogP contribution in [0.2, 0.25) is 0 Å². The second kappa shape index (κ2) is 9.63. The molecule has 0 bridgehead atoms. The molecule has 1 atom stereocenters. The number of nitrogens with zero attached hydrogens (tertiary/aromatic N) is 2. The van der Waals surface area contributed by atoms with Crippen molar-refractivity contribution in [3.63, 3.8) is 0 Å². The summed E-state index contributed by atoms with van der Waals surface area (Å²) in [6.45, 7) is 8.25. The number of benzene rings is 2. The van der Waals surface area contributed by atoms with Gasteiger partial charge in [-0.05, 0) is 66.5 Å². The maximum Gasteiger partial charge on any atom is 0.234 e. The molecule has 2 heterocycles. The van der Waals surface area contributed by atoms with Gasteiger partial charge in [-0.2, -0.15) is 0 Å². The molecule has 1 aliphatic carbocycles. The maximum absolute atomic E-state index is 12.7. The van der Waals surface area contributed by atoms with E-state index >= 15 is 0 Å². The molecule has 1 amide bonds. The summed E-state index contributed by atoms with van der Waals surface area (Å²) in [6.07, 6.45) is 5.98. The number of rotatable bonds is 6. The van der Waals surface area contributed by atoms with Crippen LogP contribution < -0.4 is 10.1 Å². The van der Waals surface area contributed by atoms with E-state index in [-0.39, 0.29) is 11.9 Å². The first kappa shape index (κ1) is 21.5. The van der Waals surface area contributed by atoms with Crippen LogP contribution in [-0.2, 0) is 30.6 Å². The Balaban J connectivity index is 1.08. The average Bonchev–Trinajstić information content (AvgIpc) is 3.28. The van der Waals surface area contributed by atoms with Crippen LogP contribution in [0.5, 0.6) is 5.75 Å². The van der Waals surface area contributed by atoms with Gasteiger partial charge in [-0.1, -0.05) is 30.3 Å². The Hall–Kier alpha value is -2.37. The predicted molar refractivity (Wildman–Crippen MR) is 127 cm³/mol. The van der Waals surface area contributed by atoms with Crippen molar-refractivity contribution in [2.75, 3.05) is 39.3 Å². The number of hydrogen-bond acceptors (Lipinski definition) is 4. The van der Waals surface area contributed by atoms with Gasteiger partial charge in [-0.25, -0.2) is 0 Å². The van der Waals surface area contributed by atoms with E-state index in [1.165, 1.54) is 53.5 Å². The van der Waals surface area contributed by atoms with Gasteiger partial charge in [0.1, 0.15) is 5.75 Å². The molecule has 1 saturated heterocycles. The summed E-state index contributed by atoms with van der Waals surface area (Å²) in [7, 11) is 0. The van der Waals surface area contributed by atoms with Crippen LogP contribution >= 0.6 is 0 Å². The number of hydrogen-bond donors (Lipinski definition) is 1. The zero-order valence-corrected chi connectivity index (χ0v) is 19.2. The third kappa shape index (κ3) is 5.00. The van der Waals surface area contributed by atoms with E-state index in [1.54, 1.807) is 0 Å². The van der Waals surface area contributed by atoms with Crippen molar-refractivity contribution in [3.8, 4) is 5.75 Å². The predicted octanol–water partition coefficient (Wildman–Crippen LogP) is 3.50. The van der Waals surface area contributed by atoms with Crippen LogP contribution in [0.25, 0.3) is 0 Å². The monoisotopic (exact) mass is 433 g/mol. The second-order valence-corrected chi connectivity index (χ2v) is 9.62. The Morgan fingerprint density at radius 1 is 0.938 bits per heavy atom. The summed E-state index contributed by atoms with van der Waals surface area (Å²) >= 11 is 0. The molecule has 5 nitrogen and oxygen atoms in total. The van der Waals surface area contributed by atoms with Gasteiger partial charge in [-0.15, -0.1) is 0 Å². The Bertz CT molecular complexity index is 965. The summed E-state index contributed by atoms with van der Waals surface area (Å²) in [5.74, 6) is 1.18. The molecule has 0 spiro atoms. The van der Waals surface area contributed by atoms with E-state index in [9.17, 15) is 4.79 Å². The van der Waals surface area contributed by atoms with Crippen molar-refractivity contribution in [1.82, 2.24) is 15.1 Å². The standard InChI is InChI=1S/C27H35N3O2/c1-20(23-8-7-22-4-2-3-5-24(22)17-23)28-27(31)19-30-13-11-29(12-14-30)18-21-6-9-26-25(16-21)10-15-32-26/h6-9,16-17,20H,2-5,10-15,18-19H2,1H3,(H,28,31)/t20-/m0/s1. The van der Waals surface area contributed by atoms with Crippen molar-refractivity contribution < 1.29 is 9.53 Å². The lowest BCUT2D eigenvalue weighted by molar-refractivity contribution is -0.123. The molecule has 170 valence electrons. The molecule has 3 aliphatic rings. The van der Waals surface area contributed by atoms with E-state index in [2.05, 4.69) is 58.4 Å². The Morgan fingerprint density at radius 2 is 1.72 bits per heavy atom. The van der Waals surface area contributed by atoms with E-state index in [0.29, 0.717) is 6.54 Å². The van der Waals surface area contributed by atoms with Crippen molar-refractivity contribution >= 4 is 5.91 Å². The number of carbonyl (C=O) groups excluding carboxylic acids is 1. The molecule has 0 aromatic heterocycles. The smallest absolute Gasteiger partial charge is 0.234 e. The molecule has 0 unspecified atom stereocenters. The van der Waals surface area contributed by atoms with Gasteiger partial charge in [0.2, 0.25) is 5.91 Å². The zero-order valence-electron chi connectivity index (χ0n) is 19.2. The van der Waals surface area contributed by atoms with Crippen LogP contribution in [0.15, 0.2) is 36.4 Å². The highest BCUT2D eigenvalue weighted by molar-refractivity contribution is 5.78. The molecular weight excluding hydrogens is 398 g/mol. The first-order chi connectivity index (χ1) is 15.6. The van der Waals surface area contributed by atoms with E-state index in [0.717, 1.165) is 51.5 Å². The van der Waals surface area contributed by atoms with Gasteiger partial charge in [0, 0.05) is 39.1 Å². The number of nitrogens with one attached hydrogen (secondary N) is 1. The number of aryl methyl sites for hydroxylation is 2. The quantitative estimate of drug-likeness (QED) is 0.758. The SMILES string of the molecule is C[C@H](NC(=O)CN1CCN(Cc2ccc3c(c2)CCO3)CC1)c1ccc2c(c1)CCCC2. The maximum atomic E-state index is 12.7. The summed E-state index contributed by atoms with van der Waals surface area (Å²) in [5, 5.41) is 3.22. The highest BCUT2D eigenvalue weighted by Crippen LogP contribution is 2.27. The number of fused-ring (bicyclic) bond motifs is 2. The summed E-state index contributed by atoms with van der Waals surface area (Å²) < 4.78 is 5.62. The summed E-state index contributed by atoms with van der Waals surface area (Å²) in [4.78, 5) is 17.5. The lowest BCUT2D eigenvalue weighted by Gasteiger charge is -2.34. The van der Waals surface area contributed by atoms with Crippen LogP contribution in [0, 0.1) is 0 Å². The number of amides is 1. The number of carbonyl (C=O) groups is 1. The van der Waals surface area contributed by atoms with Gasteiger partial charge in [0.05, 0.1) is 19.2 Å². The number of piperazine rings is 1. The van der Waals surface area contributed by atoms with Crippen LogP contribution in [0.4, 0.5) is 0 Å². The molecule has 0 saturated carbocycles. The minimum Gasteiger partial charge on any atom is -0.493 e.